The van der Waals surface area contributed by atoms with Gasteiger partial charge >= 0.3 is 5.97 Å². The maximum absolute atomic E-state index is 12.5. The predicted molar refractivity (Wildman–Crippen MR) is 102 cm³/mol. The van der Waals surface area contributed by atoms with Crippen LogP contribution in [0, 0.1) is 12.8 Å². The second kappa shape index (κ2) is 8.57. The van der Waals surface area contributed by atoms with Gasteiger partial charge in [-0.3, -0.25) is 4.79 Å². The number of aromatic nitrogens is 1. The molecule has 27 heavy (non-hydrogen) atoms. The SMILES string of the molecule is Cc1onc(-c2ccccc2Cl)c1C(=O)OCC(=O)N[C@H]1CCCC[C@H]1C. The number of nitrogens with one attached hydrogen (secondary N) is 1. The van der Waals surface area contributed by atoms with E-state index in [9.17, 15) is 9.59 Å². The molecule has 6 nitrogen and oxygen atoms in total. The zero-order chi connectivity index (χ0) is 19.4. The fourth-order valence-corrected chi connectivity index (χ4v) is 3.66. The lowest BCUT2D eigenvalue weighted by Crippen LogP contribution is -2.42. The van der Waals surface area contributed by atoms with E-state index in [1.54, 1.807) is 31.2 Å². The minimum atomic E-state index is -0.657. The summed E-state index contributed by atoms with van der Waals surface area (Å²) >= 11 is 6.20. The van der Waals surface area contributed by atoms with Crippen LogP contribution in [0.25, 0.3) is 11.3 Å². The molecule has 1 aromatic carbocycles. The predicted octanol–water partition coefficient (Wildman–Crippen LogP) is 4.16. The van der Waals surface area contributed by atoms with Gasteiger partial charge in [0.05, 0.1) is 5.02 Å². The second-order valence-corrected chi connectivity index (χ2v) is 7.36. The number of halogens is 1. The molecule has 1 aromatic heterocycles. The standard InChI is InChI=1S/C20H23ClN2O4/c1-12-7-3-6-10-16(12)22-17(24)11-26-20(25)18-13(2)27-23-19(18)14-8-4-5-9-15(14)21/h4-5,8-9,12,16H,3,6-7,10-11H2,1-2H3,(H,22,24)/t12-,16+/m1/s1. The largest absolute Gasteiger partial charge is 0.452 e. The van der Waals surface area contributed by atoms with Crippen LogP contribution in [-0.4, -0.2) is 29.7 Å². The highest BCUT2D eigenvalue weighted by Crippen LogP contribution is 2.31. The van der Waals surface area contributed by atoms with Gasteiger partial charge in [0.25, 0.3) is 5.91 Å². The Morgan fingerprint density at radius 2 is 2.04 bits per heavy atom. The minimum Gasteiger partial charge on any atom is -0.452 e. The van der Waals surface area contributed by atoms with Crippen LogP contribution in [0.2, 0.25) is 5.02 Å². The number of amides is 1. The van der Waals surface area contributed by atoms with E-state index < -0.39 is 5.97 Å². The van der Waals surface area contributed by atoms with Crippen LogP contribution in [-0.2, 0) is 9.53 Å². The molecule has 1 fully saturated rings. The van der Waals surface area contributed by atoms with E-state index in [0.29, 0.717) is 28.0 Å². The third kappa shape index (κ3) is 4.50. The molecule has 2 atom stereocenters. The van der Waals surface area contributed by atoms with Gasteiger partial charge in [-0.2, -0.15) is 0 Å². The normalized spacial score (nSPS) is 19.5. The summed E-state index contributed by atoms with van der Waals surface area (Å²) < 4.78 is 10.4. The number of rotatable bonds is 5. The monoisotopic (exact) mass is 390 g/mol. The van der Waals surface area contributed by atoms with Crippen molar-refractivity contribution in [2.24, 2.45) is 5.92 Å². The quantitative estimate of drug-likeness (QED) is 0.775. The number of hydrogen-bond acceptors (Lipinski definition) is 5. The van der Waals surface area contributed by atoms with Gasteiger partial charge in [0.1, 0.15) is 17.0 Å². The number of nitrogens with zero attached hydrogens (tertiary/aromatic N) is 1. The summed E-state index contributed by atoms with van der Waals surface area (Å²) in [7, 11) is 0. The van der Waals surface area contributed by atoms with Crippen molar-refractivity contribution in [2.75, 3.05) is 6.61 Å². The van der Waals surface area contributed by atoms with Gasteiger partial charge in [0.15, 0.2) is 6.61 Å². The molecule has 1 N–H and O–H groups in total. The van der Waals surface area contributed by atoms with E-state index >= 15 is 0 Å². The highest BCUT2D eigenvalue weighted by molar-refractivity contribution is 6.33. The summed E-state index contributed by atoms with van der Waals surface area (Å²) in [6, 6.07) is 7.16. The fraction of sp³-hybridized carbons (Fsp3) is 0.450. The van der Waals surface area contributed by atoms with E-state index in [-0.39, 0.29) is 24.1 Å². The molecule has 0 unspecified atom stereocenters. The number of esters is 1. The first-order chi connectivity index (χ1) is 13.0. The van der Waals surface area contributed by atoms with Crippen molar-refractivity contribution in [3.05, 3.63) is 40.6 Å². The van der Waals surface area contributed by atoms with E-state index in [1.807, 2.05) is 0 Å². The molecule has 1 amide bonds. The lowest BCUT2D eigenvalue weighted by atomic mass is 9.86. The number of ether oxygens (including phenoxy) is 1. The van der Waals surface area contributed by atoms with Gasteiger partial charge in [-0.15, -0.1) is 0 Å². The number of benzene rings is 1. The van der Waals surface area contributed by atoms with Gasteiger partial charge < -0.3 is 14.6 Å². The Morgan fingerprint density at radius 1 is 1.30 bits per heavy atom. The van der Waals surface area contributed by atoms with E-state index in [2.05, 4.69) is 17.4 Å². The summed E-state index contributed by atoms with van der Waals surface area (Å²) in [4.78, 5) is 24.7. The maximum atomic E-state index is 12.5. The average molecular weight is 391 g/mol. The molecule has 1 aliphatic carbocycles. The number of carbonyl (C=O) groups excluding carboxylic acids is 2. The Hall–Kier alpha value is -2.34. The summed E-state index contributed by atoms with van der Waals surface area (Å²) in [5, 5.41) is 7.35. The van der Waals surface area contributed by atoms with Gasteiger partial charge in [-0.1, -0.05) is 54.7 Å². The third-order valence-electron chi connectivity index (χ3n) is 4.99. The third-order valence-corrected chi connectivity index (χ3v) is 5.32. The minimum absolute atomic E-state index is 0.140. The van der Waals surface area contributed by atoms with Gasteiger partial charge in [0, 0.05) is 11.6 Å². The maximum Gasteiger partial charge on any atom is 0.344 e. The number of aryl methyl sites for hydroxylation is 1. The summed E-state index contributed by atoms with van der Waals surface area (Å²) in [5.74, 6) is -0.201. The molecule has 1 heterocycles. The molecule has 0 bridgehead atoms. The molecule has 0 radical (unpaired) electrons. The summed E-state index contributed by atoms with van der Waals surface area (Å²) in [6.45, 7) is 3.41. The molecule has 0 saturated heterocycles. The summed E-state index contributed by atoms with van der Waals surface area (Å²) in [6.07, 6.45) is 4.37. The zero-order valence-corrected chi connectivity index (χ0v) is 16.2. The van der Waals surface area contributed by atoms with Crippen LogP contribution < -0.4 is 5.32 Å². The molecule has 1 saturated carbocycles. The highest BCUT2D eigenvalue weighted by atomic mass is 35.5. The van der Waals surface area contributed by atoms with Crippen molar-refractivity contribution in [1.29, 1.82) is 0 Å². The molecule has 1 aliphatic rings. The lowest BCUT2D eigenvalue weighted by molar-refractivity contribution is -0.125. The van der Waals surface area contributed by atoms with Crippen molar-refractivity contribution < 1.29 is 18.8 Å². The van der Waals surface area contributed by atoms with E-state index in [4.69, 9.17) is 20.9 Å². The van der Waals surface area contributed by atoms with Crippen LogP contribution in [0.15, 0.2) is 28.8 Å². The van der Waals surface area contributed by atoms with E-state index in [0.717, 1.165) is 19.3 Å². The summed E-state index contributed by atoms with van der Waals surface area (Å²) in [5.41, 5.74) is 1.06. The first-order valence-corrected chi connectivity index (χ1v) is 9.53. The van der Waals surface area contributed by atoms with Crippen LogP contribution in [0.3, 0.4) is 0 Å². The molecule has 7 heteroatoms. The molecule has 0 aliphatic heterocycles. The van der Waals surface area contributed by atoms with Gasteiger partial charge in [-0.05, 0) is 31.7 Å². The lowest BCUT2D eigenvalue weighted by Gasteiger charge is -2.29. The van der Waals surface area contributed by atoms with E-state index in [1.165, 1.54) is 6.42 Å². The number of hydrogen-bond donors (Lipinski definition) is 1. The molecular formula is C20H23ClN2O4. The van der Waals surface area contributed by atoms with Crippen molar-refractivity contribution in [3.8, 4) is 11.3 Å². The average Bonchev–Trinajstić information content (AvgIpc) is 3.03. The molecule has 2 aromatic rings. The Bertz CT molecular complexity index is 833. The molecular weight excluding hydrogens is 368 g/mol. The molecule has 0 spiro atoms. The smallest absolute Gasteiger partial charge is 0.344 e. The Balaban J connectivity index is 1.66. The molecule has 144 valence electrons. The van der Waals surface area contributed by atoms with Gasteiger partial charge in [0.2, 0.25) is 0 Å². The van der Waals surface area contributed by atoms with Crippen molar-refractivity contribution >= 4 is 23.5 Å². The second-order valence-electron chi connectivity index (χ2n) is 6.95. The number of carbonyl (C=O) groups is 2. The first-order valence-electron chi connectivity index (χ1n) is 9.15. The highest BCUT2D eigenvalue weighted by Gasteiger charge is 2.26. The van der Waals surface area contributed by atoms with Crippen LogP contribution in [0.5, 0.6) is 0 Å². The first kappa shape index (κ1) is 19.4. The zero-order valence-electron chi connectivity index (χ0n) is 15.5. The van der Waals surface area contributed by atoms with Crippen LogP contribution >= 0.6 is 11.6 Å². The fourth-order valence-electron chi connectivity index (χ4n) is 3.43. The van der Waals surface area contributed by atoms with Crippen molar-refractivity contribution in [2.45, 2.75) is 45.6 Å². The molecule has 3 rings (SSSR count). The van der Waals surface area contributed by atoms with Crippen LogP contribution in [0.1, 0.15) is 48.7 Å². The Kier molecular flexibility index (Phi) is 6.16. The Morgan fingerprint density at radius 3 is 2.78 bits per heavy atom. The van der Waals surface area contributed by atoms with Crippen molar-refractivity contribution in [3.63, 3.8) is 0 Å². The van der Waals surface area contributed by atoms with Crippen LogP contribution in [0.4, 0.5) is 0 Å². The topological polar surface area (TPSA) is 81.4 Å². The van der Waals surface area contributed by atoms with Gasteiger partial charge in [-0.25, -0.2) is 4.79 Å². The van der Waals surface area contributed by atoms with Crippen molar-refractivity contribution in [1.82, 2.24) is 10.5 Å². The Labute approximate surface area is 163 Å².